The Morgan fingerprint density at radius 3 is 1.95 bits per heavy atom. The van der Waals surface area contributed by atoms with Crippen molar-refractivity contribution in [2.24, 2.45) is 5.73 Å². The molecule has 1 aromatic heterocycles. The van der Waals surface area contributed by atoms with Crippen LogP contribution in [0.25, 0.3) is 11.3 Å². The van der Waals surface area contributed by atoms with E-state index in [1.165, 1.54) is 22.9 Å². The molecule has 1 unspecified atom stereocenters. The topological polar surface area (TPSA) is 293 Å². The van der Waals surface area contributed by atoms with Crippen LogP contribution in [0, 0.1) is 5.41 Å². The number of nitrogens with two attached hydrogens (primary N) is 2. The number of benzene rings is 2. The number of halogens is 6. The lowest BCUT2D eigenvalue weighted by atomic mass is 10.1. The van der Waals surface area contributed by atoms with E-state index < -0.39 is 47.6 Å². The number of hydrogen-bond donors (Lipinski definition) is 9. The van der Waals surface area contributed by atoms with E-state index in [0.29, 0.717) is 11.1 Å². The summed E-state index contributed by atoms with van der Waals surface area (Å²) in [6.45, 7) is 4.43. The van der Waals surface area contributed by atoms with Crippen molar-refractivity contribution in [3.8, 4) is 11.3 Å². The highest BCUT2D eigenvalue weighted by molar-refractivity contribution is 5.97. The summed E-state index contributed by atoms with van der Waals surface area (Å²) in [6.07, 6.45) is -5.64. The van der Waals surface area contributed by atoms with Crippen LogP contribution in [0.15, 0.2) is 53.5 Å². The van der Waals surface area contributed by atoms with Crippen molar-refractivity contribution < 1.29 is 66.0 Å². The van der Waals surface area contributed by atoms with Gasteiger partial charge < -0.3 is 42.7 Å². The second-order valence-corrected chi connectivity index (χ2v) is 11.1. The fourth-order valence-corrected chi connectivity index (χ4v) is 3.77. The van der Waals surface area contributed by atoms with Gasteiger partial charge in [0.1, 0.15) is 12.4 Å². The van der Waals surface area contributed by atoms with Crippen LogP contribution in [0.5, 0.6) is 0 Å². The Kier molecular flexibility index (Phi) is 20.3. The SMILES string of the molecule is CC(C)Nc1ncc(-c2cc(N)cc(C(=O)NCCC(=O)O)c2)n(CC(=O)NCc2ccc(C(=N)N)cc2)c1=O.CC(F)C(=O)O.FF.O=C(O)C(F)(F)F. The van der Waals surface area contributed by atoms with Crippen molar-refractivity contribution in [3.63, 3.8) is 0 Å². The Hall–Kier alpha value is -6.68. The second-order valence-electron chi connectivity index (χ2n) is 11.1. The van der Waals surface area contributed by atoms with Crippen LogP contribution in [0.4, 0.5) is 38.2 Å². The Morgan fingerprint density at radius 2 is 1.49 bits per heavy atom. The number of carboxylic acids is 3. The van der Waals surface area contributed by atoms with Gasteiger partial charge in [-0.15, -0.1) is 0 Å². The molecular weight excluding hydrogens is 754 g/mol. The predicted molar refractivity (Wildman–Crippen MR) is 185 cm³/mol. The smallest absolute Gasteiger partial charge is 0.481 e. The van der Waals surface area contributed by atoms with E-state index in [1.807, 2.05) is 13.8 Å². The minimum Gasteiger partial charge on any atom is -0.481 e. The Balaban J connectivity index is 0.00000164. The fourth-order valence-electron chi connectivity index (χ4n) is 3.77. The van der Waals surface area contributed by atoms with Crippen LogP contribution in [0.2, 0.25) is 0 Å². The fraction of sp³-hybridized carbons (Fsp3) is 0.312. The minimum atomic E-state index is -5.08. The van der Waals surface area contributed by atoms with Gasteiger partial charge in [0.2, 0.25) is 5.91 Å². The number of carbonyl (C=O) groups is 5. The van der Waals surface area contributed by atoms with Gasteiger partial charge >= 0.3 is 24.1 Å². The molecule has 0 aliphatic carbocycles. The van der Waals surface area contributed by atoms with Gasteiger partial charge in [0.05, 0.1) is 18.3 Å². The molecular formula is C32H38F6N8O9. The highest BCUT2D eigenvalue weighted by atomic mass is 20.0. The molecule has 1 heterocycles. The van der Waals surface area contributed by atoms with Gasteiger partial charge in [-0.1, -0.05) is 24.3 Å². The molecule has 23 heteroatoms. The third-order valence-electron chi connectivity index (χ3n) is 6.26. The van der Waals surface area contributed by atoms with Crippen LogP contribution in [-0.2, 0) is 32.3 Å². The van der Waals surface area contributed by atoms with Crippen LogP contribution in [0.3, 0.4) is 0 Å². The van der Waals surface area contributed by atoms with E-state index >= 15 is 0 Å². The van der Waals surface area contributed by atoms with Gasteiger partial charge in [0.25, 0.3) is 11.5 Å². The third-order valence-corrected chi connectivity index (χ3v) is 6.26. The lowest BCUT2D eigenvalue weighted by Crippen LogP contribution is -2.35. The number of carbonyl (C=O) groups excluding carboxylic acids is 2. The van der Waals surface area contributed by atoms with Gasteiger partial charge in [-0.25, -0.2) is 19.0 Å². The molecule has 0 radical (unpaired) electrons. The van der Waals surface area contributed by atoms with Gasteiger partial charge in [0.15, 0.2) is 12.0 Å². The molecule has 55 heavy (non-hydrogen) atoms. The Morgan fingerprint density at radius 1 is 0.945 bits per heavy atom. The number of amidine groups is 1. The molecule has 0 bridgehead atoms. The second kappa shape index (κ2) is 23.1. The average molecular weight is 793 g/mol. The van der Waals surface area contributed by atoms with Crippen LogP contribution in [0.1, 0.15) is 48.7 Å². The quantitative estimate of drug-likeness (QED) is 0.0521. The molecule has 0 spiro atoms. The first-order chi connectivity index (χ1) is 25.5. The van der Waals surface area contributed by atoms with E-state index in [9.17, 15) is 41.5 Å². The zero-order valence-corrected chi connectivity index (χ0v) is 29.2. The molecule has 0 fully saturated rings. The van der Waals surface area contributed by atoms with Gasteiger partial charge in [-0.2, -0.15) is 13.2 Å². The number of amides is 2. The summed E-state index contributed by atoms with van der Waals surface area (Å²) in [5.74, 6) is -6.21. The molecule has 0 saturated heterocycles. The summed E-state index contributed by atoms with van der Waals surface area (Å²) in [7, 11) is 0. The molecule has 11 N–H and O–H groups in total. The molecule has 3 rings (SSSR count). The van der Waals surface area contributed by atoms with Crippen molar-refractivity contribution in [1.82, 2.24) is 20.2 Å². The van der Waals surface area contributed by atoms with Crippen molar-refractivity contribution in [2.75, 3.05) is 17.6 Å². The zero-order valence-electron chi connectivity index (χ0n) is 29.2. The Labute approximate surface area is 307 Å². The number of aliphatic carboxylic acids is 3. The van der Waals surface area contributed by atoms with Crippen molar-refractivity contribution in [3.05, 3.63) is 75.7 Å². The van der Waals surface area contributed by atoms with Crippen LogP contribution < -0.4 is 33.0 Å². The maximum absolute atomic E-state index is 13.4. The first-order valence-electron chi connectivity index (χ1n) is 15.3. The normalized spacial score (nSPS) is 10.8. The first kappa shape index (κ1) is 48.3. The summed E-state index contributed by atoms with van der Waals surface area (Å²) < 4.78 is 60.2. The van der Waals surface area contributed by atoms with Gasteiger partial charge in [-0.05, 0) is 44.5 Å². The summed E-state index contributed by atoms with van der Waals surface area (Å²) in [5, 5.41) is 39.3. The Bertz CT molecular complexity index is 1850. The van der Waals surface area contributed by atoms with Crippen molar-refractivity contribution >= 4 is 47.1 Å². The number of nitrogen functional groups attached to an aromatic ring is 2. The highest BCUT2D eigenvalue weighted by Gasteiger charge is 2.38. The van der Waals surface area contributed by atoms with E-state index in [0.717, 1.165) is 12.5 Å². The summed E-state index contributed by atoms with van der Waals surface area (Å²) in [4.78, 5) is 72.2. The molecule has 0 aliphatic heterocycles. The summed E-state index contributed by atoms with van der Waals surface area (Å²) >= 11 is 0. The minimum absolute atomic E-state index is 0.0573. The number of anilines is 2. The van der Waals surface area contributed by atoms with E-state index in [1.54, 1.807) is 30.3 Å². The lowest BCUT2D eigenvalue weighted by molar-refractivity contribution is -0.192. The summed E-state index contributed by atoms with van der Waals surface area (Å²) in [5.41, 5.74) is 13.3. The lowest BCUT2D eigenvalue weighted by Gasteiger charge is -2.17. The number of alkyl halides is 4. The maximum Gasteiger partial charge on any atom is 0.490 e. The first-order valence-corrected chi connectivity index (χ1v) is 15.3. The predicted octanol–water partition coefficient (Wildman–Crippen LogP) is 3.02. The average Bonchev–Trinajstić information content (AvgIpc) is 3.09. The molecule has 2 aromatic carbocycles. The number of nitrogens with one attached hydrogen (secondary N) is 4. The van der Waals surface area contributed by atoms with E-state index in [2.05, 4.69) is 20.9 Å². The van der Waals surface area contributed by atoms with Gasteiger partial charge in [-0.3, -0.25) is 29.2 Å². The number of rotatable bonds is 13. The zero-order chi connectivity index (χ0) is 42.6. The molecule has 2 amide bonds. The van der Waals surface area contributed by atoms with Crippen molar-refractivity contribution in [2.45, 2.75) is 58.7 Å². The van der Waals surface area contributed by atoms with Gasteiger partial charge in [0, 0.05) is 50.7 Å². The molecule has 0 saturated carbocycles. The molecule has 3 aromatic rings. The largest absolute Gasteiger partial charge is 0.490 e. The number of nitrogens with zero attached hydrogens (tertiary/aromatic N) is 2. The monoisotopic (exact) mass is 792 g/mol. The molecule has 0 aliphatic rings. The number of aromatic nitrogens is 2. The van der Waals surface area contributed by atoms with E-state index in [4.69, 9.17) is 46.1 Å². The molecule has 1 atom stereocenters. The third kappa shape index (κ3) is 18.1. The molecule has 17 nitrogen and oxygen atoms in total. The van der Waals surface area contributed by atoms with E-state index in [-0.39, 0.29) is 60.7 Å². The van der Waals surface area contributed by atoms with Crippen LogP contribution in [-0.4, -0.2) is 85.4 Å². The van der Waals surface area contributed by atoms with Crippen molar-refractivity contribution in [1.29, 1.82) is 5.41 Å². The number of carboxylic acid groups (broad SMARTS) is 3. The highest BCUT2D eigenvalue weighted by Crippen LogP contribution is 2.23. The molecule has 302 valence electrons. The maximum atomic E-state index is 13.4. The number of hydrogen-bond acceptors (Lipinski definition) is 10. The van der Waals surface area contributed by atoms with Crippen LogP contribution >= 0.6 is 0 Å². The summed E-state index contributed by atoms with van der Waals surface area (Å²) in [6, 6.07) is 11.2. The standard InChI is InChI=1S/C27H32N8O5.C3H5FO2.C2HF3O2.F2/c1-15(2)34-25-27(40)35(14-22(36)32-12-16-3-5-17(6-4-16)24(29)30)21(13-33-25)18-9-19(11-20(28)10-18)26(39)31-8-7-23(37)38;1-2(4)3(5)6;3-2(4,5)1(6)7;1-2/h3-6,9-11,13,15H,7-8,12,14,28H2,1-2H3,(H3,29,30)(H,31,39)(H,32,36)(H,33,34)(H,37,38);2H,1H3,(H,5,6);(H,6,7);.